The van der Waals surface area contributed by atoms with Crippen LogP contribution in [0.25, 0.3) is 33.2 Å². The summed E-state index contributed by atoms with van der Waals surface area (Å²) >= 11 is 0. The SMILES string of the molecule is Cc1c(O)c(-c2ncc3c(=O)n(C4C[C@H](C)N[C@@H](C)C4)ccc3n2)cc2cn(C)nc12. The zero-order valence-electron chi connectivity index (χ0n) is 18.1. The smallest absolute Gasteiger partial charge is 0.261 e. The minimum Gasteiger partial charge on any atom is -0.507 e. The normalized spacial score (nSPS) is 21.7. The largest absolute Gasteiger partial charge is 0.507 e. The molecule has 1 saturated heterocycles. The van der Waals surface area contributed by atoms with E-state index in [-0.39, 0.29) is 17.4 Å². The van der Waals surface area contributed by atoms with Crippen molar-refractivity contribution in [2.45, 2.75) is 51.7 Å². The lowest BCUT2D eigenvalue weighted by molar-refractivity contribution is 0.260. The molecule has 8 heteroatoms. The summed E-state index contributed by atoms with van der Waals surface area (Å²) in [6, 6.07) is 4.59. The molecule has 0 aliphatic carbocycles. The predicted octanol–water partition coefficient (Wildman–Crippen LogP) is 3.06. The summed E-state index contributed by atoms with van der Waals surface area (Å²) in [6.45, 7) is 6.13. The molecule has 0 saturated carbocycles. The van der Waals surface area contributed by atoms with E-state index in [1.807, 2.05) is 43.1 Å². The summed E-state index contributed by atoms with van der Waals surface area (Å²) in [5, 5.41) is 20.1. The summed E-state index contributed by atoms with van der Waals surface area (Å²) in [5.41, 5.74) is 2.47. The number of hydrogen-bond donors (Lipinski definition) is 2. The lowest BCUT2D eigenvalue weighted by Crippen LogP contribution is -2.44. The first kappa shape index (κ1) is 19.7. The Hall–Kier alpha value is -3.26. The summed E-state index contributed by atoms with van der Waals surface area (Å²) in [7, 11) is 1.84. The number of phenolic OH excluding ortho intramolecular Hbond substituents is 1. The number of aromatic nitrogens is 5. The van der Waals surface area contributed by atoms with Gasteiger partial charge < -0.3 is 15.0 Å². The third-order valence-electron chi connectivity index (χ3n) is 6.25. The molecule has 1 aromatic carbocycles. The molecule has 0 bridgehead atoms. The molecule has 1 aliphatic rings. The molecule has 2 N–H and O–H groups in total. The van der Waals surface area contributed by atoms with Gasteiger partial charge >= 0.3 is 0 Å². The lowest BCUT2D eigenvalue weighted by atomic mass is 9.95. The molecular formula is C23H26N6O2. The van der Waals surface area contributed by atoms with Crippen LogP contribution in [0.4, 0.5) is 0 Å². The van der Waals surface area contributed by atoms with E-state index in [0.717, 1.165) is 23.7 Å². The Kier molecular flexibility index (Phi) is 4.55. The number of fused-ring (bicyclic) bond motifs is 2. The van der Waals surface area contributed by atoms with Gasteiger partial charge in [0.1, 0.15) is 5.75 Å². The van der Waals surface area contributed by atoms with E-state index in [9.17, 15) is 9.90 Å². The van der Waals surface area contributed by atoms with Crippen LogP contribution in [0.15, 0.2) is 35.5 Å². The molecule has 4 aromatic rings. The van der Waals surface area contributed by atoms with Crippen molar-refractivity contribution in [2.24, 2.45) is 7.05 Å². The third-order valence-corrected chi connectivity index (χ3v) is 6.25. The average molecular weight is 419 g/mol. The Balaban J connectivity index is 1.60. The Bertz CT molecular complexity index is 1360. The van der Waals surface area contributed by atoms with Gasteiger partial charge in [-0.3, -0.25) is 9.48 Å². The first-order valence-corrected chi connectivity index (χ1v) is 10.6. The summed E-state index contributed by atoms with van der Waals surface area (Å²) in [5.74, 6) is 0.497. The number of aryl methyl sites for hydroxylation is 2. The van der Waals surface area contributed by atoms with Gasteiger partial charge in [-0.05, 0) is 45.7 Å². The topological polar surface area (TPSA) is 97.9 Å². The summed E-state index contributed by atoms with van der Waals surface area (Å²) in [4.78, 5) is 22.2. The van der Waals surface area contributed by atoms with Crippen LogP contribution in [0, 0.1) is 6.92 Å². The van der Waals surface area contributed by atoms with Crippen LogP contribution in [-0.4, -0.2) is 41.5 Å². The van der Waals surface area contributed by atoms with Gasteiger partial charge in [-0.25, -0.2) is 9.97 Å². The van der Waals surface area contributed by atoms with Gasteiger partial charge in [0, 0.05) is 54.7 Å². The Morgan fingerprint density at radius 1 is 1.23 bits per heavy atom. The van der Waals surface area contributed by atoms with Crippen molar-refractivity contribution in [1.82, 2.24) is 29.6 Å². The van der Waals surface area contributed by atoms with E-state index in [1.165, 1.54) is 0 Å². The molecule has 1 aliphatic heterocycles. The van der Waals surface area contributed by atoms with E-state index in [1.54, 1.807) is 10.9 Å². The number of benzene rings is 1. The monoisotopic (exact) mass is 418 g/mol. The molecule has 3 aromatic heterocycles. The fourth-order valence-corrected chi connectivity index (χ4v) is 4.84. The van der Waals surface area contributed by atoms with Crippen molar-refractivity contribution in [3.05, 3.63) is 46.6 Å². The number of piperidine rings is 1. The molecule has 4 heterocycles. The molecule has 160 valence electrons. The highest BCUT2D eigenvalue weighted by atomic mass is 16.3. The minimum absolute atomic E-state index is 0.0709. The quantitative estimate of drug-likeness (QED) is 0.519. The number of nitrogens with one attached hydrogen (secondary N) is 1. The summed E-state index contributed by atoms with van der Waals surface area (Å²) in [6.07, 6.45) is 7.13. The highest BCUT2D eigenvalue weighted by Crippen LogP contribution is 2.35. The second-order valence-electron chi connectivity index (χ2n) is 8.75. The van der Waals surface area contributed by atoms with E-state index in [4.69, 9.17) is 0 Å². The number of hydrogen-bond acceptors (Lipinski definition) is 6. The van der Waals surface area contributed by atoms with Crippen molar-refractivity contribution >= 4 is 21.8 Å². The van der Waals surface area contributed by atoms with E-state index >= 15 is 0 Å². The first-order chi connectivity index (χ1) is 14.8. The van der Waals surface area contributed by atoms with Crippen molar-refractivity contribution < 1.29 is 5.11 Å². The van der Waals surface area contributed by atoms with Gasteiger partial charge in [-0.2, -0.15) is 5.10 Å². The van der Waals surface area contributed by atoms with Crippen molar-refractivity contribution in [3.63, 3.8) is 0 Å². The lowest BCUT2D eigenvalue weighted by Gasteiger charge is -2.34. The standard InChI is InChI=1S/C23H26N6O2/c1-12-7-16(8-13(2)25-12)29-6-5-19-18(23(29)31)10-24-22(26-19)17-9-15-11-28(4)27-20(15)14(3)21(17)30/h5-6,9-13,16,25,30H,7-8H2,1-4H3/t12-,13-/m0/s1. The van der Waals surface area contributed by atoms with Crippen LogP contribution in [-0.2, 0) is 7.05 Å². The predicted molar refractivity (Wildman–Crippen MR) is 120 cm³/mol. The molecule has 0 radical (unpaired) electrons. The zero-order valence-corrected chi connectivity index (χ0v) is 18.1. The number of pyridine rings is 1. The molecular weight excluding hydrogens is 392 g/mol. The van der Waals surface area contributed by atoms with Crippen molar-refractivity contribution in [3.8, 4) is 17.1 Å². The summed E-state index contributed by atoms with van der Waals surface area (Å²) < 4.78 is 3.54. The second kappa shape index (κ2) is 7.16. The van der Waals surface area contributed by atoms with Gasteiger partial charge in [0.15, 0.2) is 5.82 Å². The molecule has 5 rings (SSSR count). The Morgan fingerprint density at radius 3 is 2.71 bits per heavy atom. The van der Waals surface area contributed by atoms with E-state index in [2.05, 4.69) is 34.2 Å². The highest BCUT2D eigenvalue weighted by Gasteiger charge is 2.25. The Morgan fingerprint density at radius 2 is 1.97 bits per heavy atom. The van der Waals surface area contributed by atoms with Crippen molar-refractivity contribution in [1.29, 1.82) is 0 Å². The van der Waals surface area contributed by atoms with Gasteiger partial charge in [0.05, 0.1) is 22.0 Å². The number of aromatic hydroxyl groups is 1. The number of rotatable bonds is 2. The van der Waals surface area contributed by atoms with Crippen LogP contribution < -0.4 is 10.9 Å². The Labute approximate surface area is 179 Å². The number of phenols is 1. The zero-order chi connectivity index (χ0) is 21.9. The van der Waals surface area contributed by atoms with Crippen LogP contribution >= 0.6 is 0 Å². The van der Waals surface area contributed by atoms with E-state index in [0.29, 0.717) is 39.9 Å². The second-order valence-corrected chi connectivity index (χ2v) is 8.75. The highest BCUT2D eigenvalue weighted by molar-refractivity contribution is 5.90. The minimum atomic E-state index is -0.0709. The fraction of sp³-hybridized carbons (Fsp3) is 0.391. The first-order valence-electron chi connectivity index (χ1n) is 10.6. The average Bonchev–Trinajstić information content (AvgIpc) is 3.10. The van der Waals surface area contributed by atoms with Crippen LogP contribution in [0.3, 0.4) is 0 Å². The van der Waals surface area contributed by atoms with Crippen LogP contribution in [0.1, 0.15) is 38.3 Å². The third kappa shape index (κ3) is 3.27. The van der Waals surface area contributed by atoms with Crippen molar-refractivity contribution in [2.75, 3.05) is 0 Å². The fourth-order valence-electron chi connectivity index (χ4n) is 4.84. The molecule has 0 unspecified atom stereocenters. The molecule has 0 amide bonds. The van der Waals surface area contributed by atoms with Gasteiger partial charge in [-0.1, -0.05) is 0 Å². The van der Waals surface area contributed by atoms with Gasteiger partial charge in [-0.15, -0.1) is 0 Å². The van der Waals surface area contributed by atoms with Gasteiger partial charge in [0.2, 0.25) is 0 Å². The maximum absolute atomic E-state index is 13.2. The maximum atomic E-state index is 13.2. The van der Waals surface area contributed by atoms with Crippen LogP contribution in [0.5, 0.6) is 5.75 Å². The maximum Gasteiger partial charge on any atom is 0.261 e. The molecule has 0 spiro atoms. The van der Waals surface area contributed by atoms with E-state index < -0.39 is 0 Å². The van der Waals surface area contributed by atoms with Gasteiger partial charge in [0.25, 0.3) is 5.56 Å². The number of nitrogens with zero attached hydrogens (tertiary/aromatic N) is 5. The molecule has 31 heavy (non-hydrogen) atoms. The molecule has 2 atom stereocenters. The van der Waals surface area contributed by atoms with Crippen LogP contribution in [0.2, 0.25) is 0 Å². The molecule has 8 nitrogen and oxygen atoms in total. The molecule has 1 fully saturated rings.